The smallest absolute Gasteiger partial charge is 0.265 e. The number of amides is 1. The van der Waals surface area contributed by atoms with Crippen molar-refractivity contribution in [2.75, 3.05) is 17.4 Å². The Kier molecular flexibility index (Phi) is 5.38. The highest BCUT2D eigenvalue weighted by molar-refractivity contribution is 7.93. The van der Waals surface area contributed by atoms with Crippen molar-refractivity contribution in [2.24, 2.45) is 5.73 Å². The minimum absolute atomic E-state index is 0. The van der Waals surface area contributed by atoms with Gasteiger partial charge in [-0.3, -0.25) is 9.10 Å². The normalized spacial score (nSPS) is 21.8. The van der Waals surface area contributed by atoms with Crippen LogP contribution in [0, 0.1) is 0 Å². The van der Waals surface area contributed by atoms with Gasteiger partial charge in [0.2, 0.25) is 5.91 Å². The van der Waals surface area contributed by atoms with E-state index in [2.05, 4.69) is 0 Å². The molecule has 2 unspecified atom stereocenters. The molecule has 2 aromatic carbocycles. The van der Waals surface area contributed by atoms with E-state index in [0.29, 0.717) is 17.6 Å². The molecular weight excluding hydrogens is 386 g/mol. The van der Waals surface area contributed by atoms with Gasteiger partial charge in [0.1, 0.15) is 6.54 Å². The van der Waals surface area contributed by atoms with Gasteiger partial charge < -0.3 is 10.6 Å². The zero-order chi connectivity index (χ0) is 18.5. The number of carbonyl (C=O) groups is 1. The lowest BCUT2D eigenvalue weighted by Gasteiger charge is -2.38. The Labute approximate surface area is 165 Å². The number of hydrogen-bond acceptors (Lipinski definition) is 4. The summed E-state index contributed by atoms with van der Waals surface area (Å²) in [7, 11) is -3.72. The van der Waals surface area contributed by atoms with Gasteiger partial charge in [0, 0.05) is 24.0 Å². The summed E-state index contributed by atoms with van der Waals surface area (Å²) in [6.45, 7) is 2.36. The first kappa shape index (κ1) is 19.9. The van der Waals surface area contributed by atoms with Crippen molar-refractivity contribution in [3.8, 4) is 0 Å². The Bertz CT molecular complexity index is 972. The summed E-state index contributed by atoms with van der Waals surface area (Å²) in [5.41, 5.74) is 6.65. The molecule has 1 amide bonds. The van der Waals surface area contributed by atoms with Crippen molar-refractivity contribution < 1.29 is 13.2 Å². The van der Waals surface area contributed by atoms with Gasteiger partial charge in [-0.1, -0.05) is 24.3 Å². The summed E-state index contributed by atoms with van der Waals surface area (Å²) >= 11 is 0. The first-order valence-electron chi connectivity index (χ1n) is 9.01. The van der Waals surface area contributed by atoms with Crippen molar-refractivity contribution in [1.82, 2.24) is 4.90 Å². The quantitative estimate of drug-likeness (QED) is 0.844. The van der Waals surface area contributed by atoms with Crippen molar-refractivity contribution in [1.29, 1.82) is 0 Å². The van der Waals surface area contributed by atoms with Crippen molar-refractivity contribution in [3.05, 3.63) is 36.4 Å². The molecule has 8 heteroatoms. The second kappa shape index (κ2) is 7.30. The van der Waals surface area contributed by atoms with Crippen LogP contribution < -0.4 is 10.0 Å². The summed E-state index contributed by atoms with van der Waals surface area (Å²) in [6.07, 6.45) is 2.84. The van der Waals surface area contributed by atoms with E-state index in [9.17, 15) is 13.2 Å². The van der Waals surface area contributed by atoms with Gasteiger partial charge in [-0.25, -0.2) is 8.42 Å². The number of halogens is 1. The number of carbonyl (C=O) groups excluding carboxylic acids is 1. The van der Waals surface area contributed by atoms with E-state index in [0.717, 1.165) is 24.6 Å². The van der Waals surface area contributed by atoms with Gasteiger partial charge >= 0.3 is 0 Å². The first-order chi connectivity index (χ1) is 12.4. The second-order valence-corrected chi connectivity index (χ2v) is 8.98. The lowest BCUT2D eigenvalue weighted by Crippen LogP contribution is -2.54. The molecule has 0 aromatic heterocycles. The predicted molar refractivity (Wildman–Crippen MR) is 109 cm³/mol. The summed E-state index contributed by atoms with van der Waals surface area (Å²) in [6, 6.07) is 10.6. The van der Waals surface area contributed by atoms with Crippen LogP contribution in [0.25, 0.3) is 10.8 Å². The average Bonchev–Trinajstić information content (AvgIpc) is 2.85. The fraction of sp³-hybridized carbons (Fsp3) is 0.421. The second-order valence-electron chi connectivity index (χ2n) is 7.15. The zero-order valence-electron chi connectivity index (χ0n) is 15.2. The number of anilines is 1. The van der Waals surface area contributed by atoms with Crippen LogP contribution in [0.3, 0.4) is 0 Å². The highest BCUT2D eigenvalue weighted by Crippen LogP contribution is 2.41. The Morgan fingerprint density at radius 2 is 1.93 bits per heavy atom. The zero-order valence-corrected chi connectivity index (χ0v) is 16.8. The highest BCUT2D eigenvalue weighted by Gasteiger charge is 2.38. The molecule has 2 aliphatic heterocycles. The lowest BCUT2D eigenvalue weighted by atomic mass is 9.97. The van der Waals surface area contributed by atoms with Crippen LogP contribution >= 0.6 is 12.4 Å². The Morgan fingerprint density at radius 1 is 1.22 bits per heavy atom. The molecule has 4 rings (SSSR count). The van der Waals surface area contributed by atoms with E-state index >= 15 is 0 Å². The van der Waals surface area contributed by atoms with Gasteiger partial charge in [-0.2, -0.15) is 0 Å². The van der Waals surface area contributed by atoms with Gasteiger partial charge in [0.15, 0.2) is 0 Å². The van der Waals surface area contributed by atoms with E-state index in [4.69, 9.17) is 5.73 Å². The van der Waals surface area contributed by atoms with Gasteiger partial charge in [0.05, 0.1) is 10.6 Å². The molecule has 2 aromatic rings. The van der Waals surface area contributed by atoms with Gasteiger partial charge in [0.25, 0.3) is 10.0 Å². The summed E-state index contributed by atoms with van der Waals surface area (Å²) in [5, 5.41) is 1.56. The number of hydrogen-bond donors (Lipinski definition) is 1. The summed E-state index contributed by atoms with van der Waals surface area (Å²) in [5.74, 6) is -0.180. The van der Waals surface area contributed by atoms with Crippen LogP contribution in [-0.4, -0.2) is 44.4 Å². The van der Waals surface area contributed by atoms with Gasteiger partial charge in [-0.15, -0.1) is 12.4 Å². The molecule has 1 saturated heterocycles. The maximum absolute atomic E-state index is 13.0. The largest absolute Gasteiger partial charge is 0.337 e. The topological polar surface area (TPSA) is 83.7 Å². The van der Waals surface area contributed by atoms with E-state index in [-0.39, 0.29) is 41.8 Å². The average molecular weight is 410 g/mol. The van der Waals surface area contributed by atoms with Crippen LogP contribution in [0.15, 0.2) is 41.3 Å². The number of benzene rings is 2. The third kappa shape index (κ3) is 3.17. The maximum atomic E-state index is 13.0. The third-order valence-corrected chi connectivity index (χ3v) is 7.24. The first-order valence-corrected chi connectivity index (χ1v) is 10.4. The van der Waals surface area contributed by atoms with Crippen LogP contribution in [0.5, 0.6) is 0 Å². The molecular formula is C19H24ClN3O3S. The SMILES string of the molecule is CC(N)C1CCCCN1C(=O)CN1c2cccc3cccc(c23)S1(=O)=O.Cl. The maximum Gasteiger partial charge on any atom is 0.265 e. The molecule has 2 heterocycles. The van der Waals surface area contributed by atoms with Crippen LogP contribution in [-0.2, 0) is 14.8 Å². The van der Waals surface area contributed by atoms with E-state index in [1.807, 2.05) is 25.1 Å². The van der Waals surface area contributed by atoms with Gasteiger partial charge in [-0.05, 0) is 43.7 Å². The minimum atomic E-state index is -3.72. The number of likely N-dealkylation sites (tertiary alicyclic amines) is 1. The minimum Gasteiger partial charge on any atom is -0.337 e. The summed E-state index contributed by atoms with van der Waals surface area (Å²) in [4.78, 5) is 15.0. The fourth-order valence-electron chi connectivity index (χ4n) is 4.16. The predicted octanol–water partition coefficient (Wildman–Crippen LogP) is 2.50. The van der Waals surface area contributed by atoms with E-state index < -0.39 is 10.0 Å². The molecule has 0 saturated carbocycles. The van der Waals surface area contributed by atoms with Crippen LogP contribution in [0.2, 0.25) is 0 Å². The Morgan fingerprint density at radius 3 is 2.63 bits per heavy atom. The number of sulfonamides is 1. The summed E-state index contributed by atoms with van der Waals surface area (Å²) < 4.78 is 27.3. The van der Waals surface area contributed by atoms with Crippen molar-refractivity contribution >= 4 is 44.8 Å². The molecule has 146 valence electrons. The molecule has 6 nitrogen and oxygen atoms in total. The monoisotopic (exact) mass is 409 g/mol. The number of piperidine rings is 1. The molecule has 2 aliphatic rings. The molecule has 2 N–H and O–H groups in total. The number of nitrogens with zero attached hydrogens (tertiary/aromatic N) is 2. The standard InChI is InChI=1S/C19H23N3O3S.ClH/c1-13(20)15-8-2-3-11-21(15)18(23)12-22-16-9-4-6-14-7-5-10-17(19(14)16)26(22,24)25;/h4-7,9-10,13,15H,2-3,8,11-12,20H2,1H3;1H. The molecule has 2 atom stereocenters. The molecule has 0 aliphatic carbocycles. The molecule has 0 spiro atoms. The fourth-order valence-corrected chi connectivity index (χ4v) is 5.82. The lowest BCUT2D eigenvalue weighted by molar-refractivity contribution is -0.133. The molecule has 27 heavy (non-hydrogen) atoms. The molecule has 1 fully saturated rings. The molecule has 0 radical (unpaired) electrons. The number of nitrogens with two attached hydrogens (primary N) is 1. The van der Waals surface area contributed by atoms with E-state index in [1.54, 1.807) is 23.1 Å². The Balaban J connectivity index is 0.00000210. The van der Waals surface area contributed by atoms with Crippen LogP contribution in [0.4, 0.5) is 5.69 Å². The van der Waals surface area contributed by atoms with Crippen LogP contribution in [0.1, 0.15) is 26.2 Å². The Hall–Kier alpha value is -1.83. The van der Waals surface area contributed by atoms with Crippen molar-refractivity contribution in [2.45, 2.75) is 43.2 Å². The third-order valence-electron chi connectivity index (χ3n) is 5.44. The highest BCUT2D eigenvalue weighted by atomic mass is 35.5. The molecule has 0 bridgehead atoms. The van der Waals surface area contributed by atoms with Crippen molar-refractivity contribution in [3.63, 3.8) is 0 Å². The number of rotatable bonds is 3. The van der Waals surface area contributed by atoms with E-state index in [1.165, 1.54) is 4.31 Å².